The van der Waals surface area contributed by atoms with Crippen LogP contribution in [0.2, 0.25) is 0 Å². The average Bonchev–Trinajstić information content (AvgIpc) is 2.93. The minimum Gasteiger partial charge on any atom is -0.390 e. The first-order valence-corrected chi connectivity index (χ1v) is 5.64. The molecular weight excluding hydrogens is 164 g/mol. The van der Waals surface area contributed by atoms with Crippen molar-refractivity contribution in [1.82, 2.24) is 0 Å². The highest BCUT2D eigenvalue weighted by molar-refractivity contribution is 4.77. The molecule has 0 bridgehead atoms. The molecule has 0 radical (unpaired) electrons. The molecule has 0 aromatic rings. The molecule has 0 aliphatic carbocycles. The van der Waals surface area contributed by atoms with E-state index in [0.717, 1.165) is 19.4 Å². The number of rotatable bonds is 8. The summed E-state index contributed by atoms with van der Waals surface area (Å²) in [5.41, 5.74) is 0. The van der Waals surface area contributed by atoms with Crippen LogP contribution >= 0.6 is 0 Å². The lowest BCUT2D eigenvalue weighted by Crippen LogP contribution is -2.13. The van der Waals surface area contributed by atoms with E-state index in [2.05, 4.69) is 6.92 Å². The normalized spacial score (nSPS) is 23.1. The molecular formula is C11H22O2. The summed E-state index contributed by atoms with van der Waals surface area (Å²) >= 11 is 0. The van der Waals surface area contributed by atoms with Crippen molar-refractivity contribution in [3.8, 4) is 0 Å². The SMILES string of the molecule is CCCCCCCCC(O)C1CO1. The second-order valence-electron chi connectivity index (χ2n) is 4.00. The van der Waals surface area contributed by atoms with Gasteiger partial charge in [0.05, 0.1) is 12.7 Å². The van der Waals surface area contributed by atoms with Crippen LogP contribution in [0.4, 0.5) is 0 Å². The van der Waals surface area contributed by atoms with Gasteiger partial charge in [-0.1, -0.05) is 45.4 Å². The number of epoxide rings is 1. The third kappa shape index (κ3) is 5.27. The Balaban J connectivity index is 1.77. The molecule has 0 spiro atoms. The number of hydrogen-bond donors (Lipinski definition) is 1. The summed E-state index contributed by atoms with van der Waals surface area (Å²) < 4.78 is 5.02. The Morgan fingerprint density at radius 2 is 1.85 bits per heavy atom. The maximum atomic E-state index is 9.47. The zero-order valence-electron chi connectivity index (χ0n) is 8.67. The molecule has 1 saturated heterocycles. The maximum Gasteiger partial charge on any atom is 0.107 e. The summed E-state index contributed by atoms with van der Waals surface area (Å²) in [6.45, 7) is 3.01. The van der Waals surface area contributed by atoms with Gasteiger partial charge in [0.2, 0.25) is 0 Å². The summed E-state index contributed by atoms with van der Waals surface area (Å²) in [5, 5.41) is 9.47. The van der Waals surface area contributed by atoms with Crippen molar-refractivity contribution in [3.05, 3.63) is 0 Å². The van der Waals surface area contributed by atoms with E-state index in [1.807, 2.05) is 0 Å². The van der Waals surface area contributed by atoms with Gasteiger partial charge in [-0.15, -0.1) is 0 Å². The molecule has 2 unspecified atom stereocenters. The van der Waals surface area contributed by atoms with Crippen molar-refractivity contribution < 1.29 is 9.84 Å². The van der Waals surface area contributed by atoms with Gasteiger partial charge in [0.25, 0.3) is 0 Å². The van der Waals surface area contributed by atoms with Gasteiger partial charge in [0.15, 0.2) is 0 Å². The minimum absolute atomic E-state index is 0.177. The van der Waals surface area contributed by atoms with Crippen molar-refractivity contribution in [2.45, 2.75) is 64.1 Å². The maximum absolute atomic E-state index is 9.47. The Morgan fingerprint density at radius 3 is 2.46 bits per heavy atom. The lowest BCUT2D eigenvalue weighted by molar-refractivity contribution is 0.123. The first-order chi connectivity index (χ1) is 6.34. The van der Waals surface area contributed by atoms with E-state index < -0.39 is 0 Å². The fourth-order valence-electron chi connectivity index (χ4n) is 1.60. The molecule has 1 aliphatic rings. The molecule has 1 aliphatic heterocycles. The van der Waals surface area contributed by atoms with Crippen molar-refractivity contribution >= 4 is 0 Å². The molecule has 1 heterocycles. The molecule has 13 heavy (non-hydrogen) atoms. The van der Waals surface area contributed by atoms with Crippen LogP contribution in [0.1, 0.15) is 51.9 Å². The Labute approximate surface area is 81.3 Å². The van der Waals surface area contributed by atoms with E-state index in [1.54, 1.807) is 0 Å². The third-order valence-corrected chi connectivity index (χ3v) is 2.64. The summed E-state index contributed by atoms with van der Waals surface area (Å²) in [5.74, 6) is 0. The van der Waals surface area contributed by atoms with Crippen molar-refractivity contribution in [3.63, 3.8) is 0 Å². The van der Waals surface area contributed by atoms with Crippen LogP contribution in [0.3, 0.4) is 0 Å². The fraction of sp³-hybridized carbons (Fsp3) is 1.00. The molecule has 2 atom stereocenters. The monoisotopic (exact) mass is 186 g/mol. The van der Waals surface area contributed by atoms with E-state index in [9.17, 15) is 5.11 Å². The average molecular weight is 186 g/mol. The van der Waals surface area contributed by atoms with E-state index in [4.69, 9.17) is 4.74 Å². The summed E-state index contributed by atoms with van der Waals surface area (Å²) in [6.07, 6.45) is 8.68. The van der Waals surface area contributed by atoms with E-state index in [1.165, 1.54) is 32.1 Å². The van der Waals surface area contributed by atoms with Gasteiger partial charge >= 0.3 is 0 Å². The third-order valence-electron chi connectivity index (χ3n) is 2.64. The Bertz CT molecular complexity index is 121. The van der Waals surface area contributed by atoms with Gasteiger partial charge in [-0.25, -0.2) is 0 Å². The highest BCUT2D eigenvalue weighted by Crippen LogP contribution is 2.19. The Hall–Kier alpha value is -0.0800. The molecule has 2 heteroatoms. The zero-order valence-corrected chi connectivity index (χ0v) is 8.67. The second-order valence-corrected chi connectivity index (χ2v) is 4.00. The van der Waals surface area contributed by atoms with Crippen LogP contribution in [0.25, 0.3) is 0 Å². The lowest BCUT2D eigenvalue weighted by Gasteiger charge is -2.06. The Kier molecular flexibility index (Phi) is 5.40. The Morgan fingerprint density at radius 1 is 1.23 bits per heavy atom. The number of ether oxygens (including phenoxy) is 1. The van der Waals surface area contributed by atoms with Gasteiger partial charge in [-0.05, 0) is 6.42 Å². The van der Waals surface area contributed by atoms with Gasteiger partial charge in [-0.3, -0.25) is 0 Å². The number of aliphatic hydroxyl groups is 1. The van der Waals surface area contributed by atoms with E-state index in [0.29, 0.717) is 0 Å². The predicted octanol–water partition coefficient (Wildman–Crippen LogP) is 2.50. The highest BCUT2D eigenvalue weighted by Gasteiger charge is 2.30. The zero-order chi connectivity index (χ0) is 9.52. The quantitative estimate of drug-likeness (QED) is 0.466. The molecule has 2 nitrogen and oxygen atoms in total. The lowest BCUT2D eigenvalue weighted by atomic mass is 10.1. The highest BCUT2D eigenvalue weighted by atomic mass is 16.6. The summed E-state index contributed by atoms with van der Waals surface area (Å²) in [4.78, 5) is 0. The van der Waals surface area contributed by atoms with Crippen LogP contribution in [-0.2, 0) is 4.74 Å². The van der Waals surface area contributed by atoms with Gasteiger partial charge in [-0.2, -0.15) is 0 Å². The molecule has 0 saturated carbocycles. The molecule has 1 N–H and O–H groups in total. The first-order valence-electron chi connectivity index (χ1n) is 5.64. The van der Waals surface area contributed by atoms with Crippen LogP contribution in [0.15, 0.2) is 0 Å². The van der Waals surface area contributed by atoms with Crippen LogP contribution in [0.5, 0.6) is 0 Å². The van der Waals surface area contributed by atoms with Crippen LogP contribution in [-0.4, -0.2) is 23.9 Å². The molecule has 78 valence electrons. The van der Waals surface area contributed by atoms with E-state index >= 15 is 0 Å². The number of aliphatic hydroxyl groups excluding tert-OH is 1. The van der Waals surface area contributed by atoms with Gasteiger partial charge < -0.3 is 9.84 Å². The minimum atomic E-state index is -0.189. The molecule has 0 aromatic carbocycles. The van der Waals surface area contributed by atoms with E-state index in [-0.39, 0.29) is 12.2 Å². The van der Waals surface area contributed by atoms with Crippen LogP contribution < -0.4 is 0 Å². The molecule has 1 fully saturated rings. The summed E-state index contributed by atoms with van der Waals surface area (Å²) in [7, 11) is 0. The van der Waals surface area contributed by atoms with Gasteiger partial charge in [0.1, 0.15) is 6.10 Å². The molecule has 1 rings (SSSR count). The molecule has 0 aromatic heterocycles. The second kappa shape index (κ2) is 6.39. The smallest absolute Gasteiger partial charge is 0.107 e. The van der Waals surface area contributed by atoms with Crippen molar-refractivity contribution in [1.29, 1.82) is 0 Å². The largest absolute Gasteiger partial charge is 0.390 e. The topological polar surface area (TPSA) is 32.8 Å². The fourth-order valence-corrected chi connectivity index (χ4v) is 1.60. The standard InChI is InChI=1S/C11H22O2/c1-2-3-4-5-6-7-8-10(12)11-9-13-11/h10-12H,2-9H2,1H3. The first kappa shape index (κ1) is 11.0. The van der Waals surface area contributed by atoms with Gasteiger partial charge in [0, 0.05) is 0 Å². The number of hydrogen-bond acceptors (Lipinski definition) is 2. The summed E-state index contributed by atoms with van der Waals surface area (Å²) in [6, 6.07) is 0. The van der Waals surface area contributed by atoms with Crippen molar-refractivity contribution in [2.75, 3.05) is 6.61 Å². The van der Waals surface area contributed by atoms with Crippen LogP contribution in [0, 0.1) is 0 Å². The number of unbranched alkanes of at least 4 members (excludes halogenated alkanes) is 5. The molecule has 0 amide bonds. The van der Waals surface area contributed by atoms with Crippen molar-refractivity contribution in [2.24, 2.45) is 0 Å². The predicted molar refractivity (Wildman–Crippen MR) is 53.7 cm³/mol.